The first-order valence-corrected chi connectivity index (χ1v) is 4.55. The van der Waals surface area contributed by atoms with Gasteiger partial charge < -0.3 is 0 Å². The first-order valence-electron chi connectivity index (χ1n) is 4.55. The van der Waals surface area contributed by atoms with Crippen LogP contribution in [0.15, 0.2) is 24.3 Å². The van der Waals surface area contributed by atoms with Crippen LogP contribution in [0.1, 0.15) is 18.1 Å². The molecule has 1 aromatic carbocycles. The molecule has 0 fully saturated rings. The molecule has 0 atom stereocenters. The van der Waals surface area contributed by atoms with E-state index in [-0.39, 0.29) is 6.54 Å². The lowest BCUT2D eigenvalue weighted by atomic mass is 10.1. The second-order valence-corrected chi connectivity index (χ2v) is 3.03. The highest BCUT2D eigenvalue weighted by Gasteiger charge is 2.11. The van der Waals surface area contributed by atoms with E-state index < -0.39 is 5.03 Å². The second kappa shape index (κ2) is 4.96. The minimum Gasteiger partial charge on any atom is -0.235 e. The van der Waals surface area contributed by atoms with Crippen LogP contribution >= 0.6 is 0 Å². The van der Waals surface area contributed by atoms with E-state index in [9.17, 15) is 10.1 Å². The zero-order valence-electron chi connectivity index (χ0n) is 8.38. The van der Waals surface area contributed by atoms with Crippen LogP contribution in [0, 0.1) is 21.4 Å². The predicted molar refractivity (Wildman–Crippen MR) is 54.2 cm³/mol. The third-order valence-electron chi connectivity index (χ3n) is 2.04. The standard InChI is InChI=1S/C10H11N3O2/c1-2-12(13(14)15)8-10-5-3-9(7-11)4-6-10/h3-6H,2,8H2,1H3. The maximum atomic E-state index is 10.5. The fourth-order valence-electron chi connectivity index (χ4n) is 1.18. The molecule has 1 aromatic rings. The van der Waals surface area contributed by atoms with Gasteiger partial charge in [0.2, 0.25) is 0 Å². The third kappa shape index (κ3) is 2.95. The van der Waals surface area contributed by atoms with Crippen molar-refractivity contribution in [2.24, 2.45) is 0 Å². The van der Waals surface area contributed by atoms with Crippen LogP contribution in [-0.4, -0.2) is 16.6 Å². The summed E-state index contributed by atoms with van der Waals surface area (Å²) in [6, 6.07) is 8.76. The number of rotatable bonds is 4. The molecule has 0 radical (unpaired) electrons. The molecule has 0 N–H and O–H groups in total. The molecular formula is C10H11N3O2. The molecule has 0 saturated carbocycles. The highest BCUT2D eigenvalue weighted by Crippen LogP contribution is 2.06. The molecular weight excluding hydrogens is 194 g/mol. The van der Waals surface area contributed by atoms with Gasteiger partial charge in [-0.05, 0) is 24.6 Å². The summed E-state index contributed by atoms with van der Waals surface area (Å²) in [6.07, 6.45) is 0. The van der Waals surface area contributed by atoms with Crippen molar-refractivity contribution in [1.29, 1.82) is 5.26 Å². The lowest BCUT2D eigenvalue weighted by molar-refractivity contribution is -0.658. The van der Waals surface area contributed by atoms with Crippen LogP contribution in [0.3, 0.4) is 0 Å². The van der Waals surface area contributed by atoms with E-state index in [1.165, 1.54) is 0 Å². The first kappa shape index (κ1) is 11.0. The largest absolute Gasteiger partial charge is 0.235 e. The Morgan fingerprint density at radius 1 is 1.47 bits per heavy atom. The summed E-state index contributed by atoms with van der Waals surface area (Å²) < 4.78 is 0. The summed E-state index contributed by atoms with van der Waals surface area (Å²) in [4.78, 5) is 10.5. The van der Waals surface area contributed by atoms with E-state index in [1.54, 1.807) is 31.2 Å². The van der Waals surface area contributed by atoms with Crippen molar-refractivity contribution >= 4 is 0 Å². The summed E-state index contributed by atoms with van der Waals surface area (Å²) >= 11 is 0. The molecule has 15 heavy (non-hydrogen) atoms. The van der Waals surface area contributed by atoms with Gasteiger partial charge in [0.15, 0.2) is 5.03 Å². The molecule has 0 amide bonds. The SMILES string of the molecule is CCN(Cc1ccc(C#N)cc1)[N+](=O)[O-]. The summed E-state index contributed by atoms with van der Waals surface area (Å²) in [7, 11) is 0. The van der Waals surface area contributed by atoms with Crippen molar-refractivity contribution in [2.45, 2.75) is 13.5 Å². The van der Waals surface area contributed by atoms with E-state index in [2.05, 4.69) is 0 Å². The Morgan fingerprint density at radius 3 is 2.47 bits per heavy atom. The molecule has 0 spiro atoms. The molecule has 5 nitrogen and oxygen atoms in total. The molecule has 0 unspecified atom stereocenters. The zero-order chi connectivity index (χ0) is 11.3. The highest BCUT2D eigenvalue weighted by atomic mass is 16.7. The Morgan fingerprint density at radius 2 is 2.07 bits per heavy atom. The predicted octanol–water partition coefficient (Wildman–Crippen LogP) is 1.57. The zero-order valence-corrected chi connectivity index (χ0v) is 8.38. The van der Waals surface area contributed by atoms with Crippen LogP contribution in [-0.2, 0) is 6.54 Å². The molecule has 0 aliphatic rings. The van der Waals surface area contributed by atoms with Crippen LogP contribution in [0.2, 0.25) is 0 Å². The second-order valence-electron chi connectivity index (χ2n) is 3.03. The molecule has 0 aliphatic heterocycles. The van der Waals surface area contributed by atoms with Gasteiger partial charge in [-0.25, -0.2) is 10.1 Å². The average Bonchev–Trinajstić information content (AvgIpc) is 2.26. The summed E-state index contributed by atoms with van der Waals surface area (Å²) in [5, 5.41) is 19.8. The van der Waals surface area contributed by atoms with Gasteiger partial charge in [0.1, 0.15) is 6.54 Å². The van der Waals surface area contributed by atoms with Gasteiger partial charge in [-0.15, -0.1) is 5.01 Å². The third-order valence-corrected chi connectivity index (χ3v) is 2.04. The fourth-order valence-corrected chi connectivity index (χ4v) is 1.18. The van der Waals surface area contributed by atoms with Gasteiger partial charge in [0.25, 0.3) is 0 Å². The molecule has 0 aliphatic carbocycles. The summed E-state index contributed by atoms with van der Waals surface area (Å²) in [5.41, 5.74) is 1.38. The Bertz CT molecular complexity index is 381. The van der Waals surface area contributed by atoms with E-state index in [4.69, 9.17) is 5.26 Å². The topological polar surface area (TPSA) is 70.2 Å². The van der Waals surface area contributed by atoms with E-state index in [1.807, 2.05) is 6.07 Å². The number of benzene rings is 1. The number of nitrogens with zero attached hydrogens (tertiary/aromatic N) is 3. The Balaban J connectivity index is 2.72. The van der Waals surface area contributed by atoms with Crippen LogP contribution in [0.5, 0.6) is 0 Å². The van der Waals surface area contributed by atoms with Crippen molar-refractivity contribution < 1.29 is 5.03 Å². The fraction of sp³-hybridized carbons (Fsp3) is 0.300. The Labute approximate surface area is 87.7 Å². The maximum absolute atomic E-state index is 10.5. The van der Waals surface area contributed by atoms with Gasteiger partial charge >= 0.3 is 0 Å². The minimum atomic E-state index is -0.418. The van der Waals surface area contributed by atoms with Crippen molar-refractivity contribution in [3.63, 3.8) is 0 Å². The first-order chi connectivity index (χ1) is 7.17. The van der Waals surface area contributed by atoms with Crippen LogP contribution in [0.4, 0.5) is 0 Å². The van der Waals surface area contributed by atoms with Gasteiger partial charge in [-0.2, -0.15) is 5.26 Å². The average molecular weight is 205 g/mol. The number of hydrogen-bond acceptors (Lipinski definition) is 3. The lowest BCUT2D eigenvalue weighted by Gasteiger charge is -2.11. The summed E-state index contributed by atoms with van der Waals surface area (Å²) in [6.45, 7) is 2.34. The number of nitriles is 1. The molecule has 0 saturated heterocycles. The van der Waals surface area contributed by atoms with Gasteiger partial charge in [0, 0.05) is 0 Å². The molecule has 1 rings (SSSR count). The smallest absolute Gasteiger partial charge is 0.160 e. The minimum absolute atomic E-state index is 0.259. The monoisotopic (exact) mass is 205 g/mol. The van der Waals surface area contributed by atoms with Gasteiger partial charge in [-0.3, -0.25) is 0 Å². The number of hydrogen-bond donors (Lipinski definition) is 0. The van der Waals surface area contributed by atoms with Crippen molar-refractivity contribution in [3.8, 4) is 6.07 Å². The lowest BCUT2D eigenvalue weighted by Crippen LogP contribution is -2.28. The van der Waals surface area contributed by atoms with E-state index in [0.29, 0.717) is 12.1 Å². The van der Waals surface area contributed by atoms with Crippen molar-refractivity contribution in [1.82, 2.24) is 5.01 Å². The quantitative estimate of drug-likeness (QED) is 0.552. The van der Waals surface area contributed by atoms with Gasteiger partial charge in [-0.1, -0.05) is 12.1 Å². The van der Waals surface area contributed by atoms with E-state index in [0.717, 1.165) is 10.6 Å². The normalized spacial score (nSPS) is 9.33. The van der Waals surface area contributed by atoms with Crippen molar-refractivity contribution in [3.05, 3.63) is 45.5 Å². The van der Waals surface area contributed by atoms with Crippen molar-refractivity contribution in [2.75, 3.05) is 6.54 Å². The van der Waals surface area contributed by atoms with Crippen LogP contribution in [0.25, 0.3) is 0 Å². The molecule has 0 bridgehead atoms. The molecule has 0 aromatic heterocycles. The number of nitro groups is 1. The van der Waals surface area contributed by atoms with E-state index >= 15 is 0 Å². The number of hydrazine groups is 1. The highest BCUT2D eigenvalue weighted by molar-refractivity contribution is 5.31. The Hall–Kier alpha value is -2.09. The Kier molecular flexibility index (Phi) is 3.63. The molecule has 0 heterocycles. The summed E-state index contributed by atoms with van der Waals surface area (Å²) in [5.74, 6) is 0. The molecule has 5 heteroatoms. The van der Waals surface area contributed by atoms with Gasteiger partial charge in [0.05, 0.1) is 18.2 Å². The molecule has 78 valence electrons. The maximum Gasteiger partial charge on any atom is 0.160 e. The van der Waals surface area contributed by atoms with Crippen LogP contribution < -0.4 is 0 Å².